The van der Waals surface area contributed by atoms with Crippen LogP contribution in [0, 0.1) is 5.41 Å². The van der Waals surface area contributed by atoms with Crippen molar-refractivity contribution in [2.24, 2.45) is 11.1 Å². The normalized spacial score (nSPS) is 26.6. The molecule has 1 aromatic carbocycles. The monoisotopic (exact) mass is 240 g/mol. The summed E-state index contributed by atoms with van der Waals surface area (Å²) in [7, 11) is 0. The molecule has 1 aliphatic rings. The molecule has 0 saturated heterocycles. The highest BCUT2D eigenvalue weighted by molar-refractivity contribution is 5.85. The molecule has 0 spiro atoms. The molecular formula is C16H20N2. The number of nitrogens with zero attached hydrogens (tertiary/aromatic N) is 1. The van der Waals surface area contributed by atoms with E-state index in [4.69, 9.17) is 5.73 Å². The molecule has 1 aliphatic carbocycles. The van der Waals surface area contributed by atoms with Gasteiger partial charge in [-0.1, -0.05) is 38.5 Å². The predicted octanol–water partition coefficient (Wildman–Crippen LogP) is 3.60. The highest BCUT2D eigenvalue weighted by Gasteiger charge is 2.47. The standard InChI is InChI=1S/C16H20N2/c1-15(2)8-4-9-16(15,17)14-6-3-5-12-11-18-10-7-13(12)14/h3,5-7,10-11H,4,8-9,17H2,1-2H3. The summed E-state index contributed by atoms with van der Waals surface area (Å²) in [6, 6.07) is 8.49. The van der Waals surface area contributed by atoms with E-state index in [9.17, 15) is 0 Å². The Kier molecular flexibility index (Phi) is 2.46. The molecule has 2 heteroatoms. The number of aromatic nitrogens is 1. The molecular weight excluding hydrogens is 220 g/mol. The van der Waals surface area contributed by atoms with E-state index >= 15 is 0 Å². The Bertz CT molecular complexity index is 583. The lowest BCUT2D eigenvalue weighted by atomic mass is 9.70. The van der Waals surface area contributed by atoms with Crippen LogP contribution < -0.4 is 5.73 Å². The summed E-state index contributed by atoms with van der Waals surface area (Å²) in [4.78, 5) is 4.20. The van der Waals surface area contributed by atoms with E-state index in [2.05, 4.69) is 43.1 Å². The fraction of sp³-hybridized carbons (Fsp3) is 0.438. The second kappa shape index (κ2) is 3.79. The summed E-state index contributed by atoms with van der Waals surface area (Å²) in [5, 5.41) is 2.44. The lowest BCUT2D eigenvalue weighted by molar-refractivity contribution is 0.212. The van der Waals surface area contributed by atoms with Crippen LogP contribution in [0.25, 0.3) is 10.8 Å². The van der Waals surface area contributed by atoms with Crippen LogP contribution in [0.1, 0.15) is 38.7 Å². The molecule has 94 valence electrons. The van der Waals surface area contributed by atoms with Gasteiger partial charge in [0, 0.05) is 23.3 Å². The number of nitrogens with two attached hydrogens (primary N) is 1. The van der Waals surface area contributed by atoms with Crippen LogP contribution >= 0.6 is 0 Å². The number of pyridine rings is 1. The van der Waals surface area contributed by atoms with Crippen LogP contribution in [0.15, 0.2) is 36.7 Å². The SMILES string of the molecule is CC1(C)CCCC1(N)c1cccc2cnccc12. The first-order chi connectivity index (χ1) is 8.55. The molecule has 1 heterocycles. The maximum absolute atomic E-state index is 6.80. The number of hydrogen-bond acceptors (Lipinski definition) is 2. The lowest BCUT2D eigenvalue weighted by Crippen LogP contribution is -2.45. The van der Waals surface area contributed by atoms with E-state index in [1.54, 1.807) is 0 Å². The molecule has 0 bridgehead atoms. The molecule has 2 nitrogen and oxygen atoms in total. The zero-order chi connectivity index (χ0) is 12.8. The maximum Gasteiger partial charge on any atom is 0.0467 e. The van der Waals surface area contributed by atoms with E-state index in [0.29, 0.717) is 0 Å². The van der Waals surface area contributed by atoms with Crippen molar-refractivity contribution in [1.82, 2.24) is 4.98 Å². The van der Waals surface area contributed by atoms with Crippen molar-refractivity contribution in [2.45, 2.75) is 38.6 Å². The van der Waals surface area contributed by atoms with Crippen LogP contribution in [-0.2, 0) is 5.54 Å². The Balaban J connectivity index is 2.26. The smallest absolute Gasteiger partial charge is 0.0467 e. The third-order valence-corrected chi connectivity index (χ3v) is 4.74. The van der Waals surface area contributed by atoms with Crippen molar-refractivity contribution in [2.75, 3.05) is 0 Å². The van der Waals surface area contributed by atoms with Crippen molar-refractivity contribution >= 4 is 10.8 Å². The summed E-state index contributed by atoms with van der Waals surface area (Å²) in [6.07, 6.45) is 7.26. The Morgan fingerprint density at radius 1 is 1.17 bits per heavy atom. The van der Waals surface area contributed by atoms with Crippen LogP contribution in [0.4, 0.5) is 0 Å². The lowest BCUT2D eigenvalue weighted by Gasteiger charge is -2.39. The van der Waals surface area contributed by atoms with Gasteiger partial charge in [0.15, 0.2) is 0 Å². The highest BCUT2D eigenvalue weighted by atomic mass is 14.8. The second-order valence-corrected chi connectivity index (χ2v) is 6.11. The van der Waals surface area contributed by atoms with Gasteiger partial charge in [-0.15, -0.1) is 0 Å². The molecule has 18 heavy (non-hydrogen) atoms. The summed E-state index contributed by atoms with van der Waals surface area (Å²) in [5.74, 6) is 0. The van der Waals surface area contributed by atoms with Gasteiger partial charge in [-0.3, -0.25) is 4.98 Å². The average Bonchev–Trinajstić information content (AvgIpc) is 2.64. The minimum Gasteiger partial charge on any atom is -0.321 e. The second-order valence-electron chi connectivity index (χ2n) is 6.11. The number of fused-ring (bicyclic) bond motifs is 1. The van der Waals surface area contributed by atoms with E-state index in [1.807, 2.05) is 12.4 Å². The van der Waals surface area contributed by atoms with Crippen molar-refractivity contribution < 1.29 is 0 Å². The van der Waals surface area contributed by atoms with Crippen LogP contribution in [0.5, 0.6) is 0 Å². The van der Waals surface area contributed by atoms with Gasteiger partial charge in [0.1, 0.15) is 0 Å². The minimum atomic E-state index is -0.214. The molecule has 0 amide bonds. The van der Waals surface area contributed by atoms with Gasteiger partial charge in [-0.05, 0) is 35.3 Å². The molecule has 3 rings (SSSR count). The zero-order valence-electron chi connectivity index (χ0n) is 11.1. The van der Waals surface area contributed by atoms with Crippen LogP contribution in [0.2, 0.25) is 0 Å². The van der Waals surface area contributed by atoms with Crippen molar-refractivity contribution in [3.05, 3.63) is 42.2 Å². The zero-order valence-corrected chi connectivity index (χ0v) is 11.1. The summed E-state index contributed by atoms with van der Waals surface area (Å²) >= 11 is 0. The van der Waals surface area contributed by atoms with Gasteiger partial charge in [-0.25, -0.2) is 0 Å². The fourth-order valence-corrected chi connectivity index (χ4v) is 3.38. The maximum atomic E-state index is 6.80. The Hall–Kier alpha value is -1.41. The molecule has 2 aromatic rings. The average molecular weight is 240 g/mol. The quantitative estimate of drug-likeness (QED) is 0.827. The van der Waals surface area contributed by atoms with E-state index in [0.717, 1.165) is 6.42 Å². The van der Waals surface area contributed by atoms with Gasteiger partial charge in [0.25, 0.3) is 0 Å². The molecule has 0 aliphatic heterocycles. The topological polar surface area (TPSA) is 38.9 Å². The Morgan fingerprint density at radius 3 is 2.72 bits per heavy atom. The minimum absolute atomic E-state index is 0.157. The van der Waals surface area contributed by atoms with Crippen molar-refractivity contribution in [3.63, 3.8) is 0 Å². The van der Waals surface area contributed by atoms with Gasteiger partial charge < -0.3 is 5.73 Å². The van der Waals surface area contributed by atoms with Crippen molar-refractivity contribution in [3.8, 4) is 0 Å². The molecule has 1 unspecified atom stereocenters. The van der Waals surface area contributed by atoms with Crippen LogP contribution in [-0.4, -0.2) is 4.98 Å². The first-order valence-electron chi connectivity index (χ1n) is 6.67. The van der Waals surface area contributed by atoms with Crippen LogP contribution in [0.3, 0.4) is 0 Å². The molecule has 1 aromatic heterocycles. The predicted molar refractivity (Wildman–Crippen MR) is 75.2 cm³/mol. The first kappa shape index (κ1) is 11.7. The number of benzene rings is 1. The summed E-state index contributed by atoms with van der Waals surface area (Å²) < 4.78 is 0. The Labute approximate surface area is 108 Å². The number of rotatable bonds is 1. The van der Waals surface area contributed by atoms with Gasteiger partial charge >= 0.3 is 0 Å². The number of hydrogen-bond donors (Lipinski definition) is 1. The van der Waals surface area contributed by atoms with E-state index in [-0.39, 0.29) is 11.0 Å². The van der Waals surface area contributed by atoms with E-state index < -0.39 is 0 Å². The third-order valence-electron chi connectivity index (χ3n) is 4.74. The fourth-order valence-electron chi connectivity index (χ4n) is 3.38. The molecule has 1 fully saturated rings. The Morgan fingerprint density at radius 2 is 2.00 bits per heavy atom. The molecule has 2 N–H and O–H groups in total. The van der Waals surface area contributed by atoms with E-state index in [1.165, 1.54) is 29.2 Å². The van der Waals surface area contributed by atoms with Gasteiger partial charge in [0.05, 0.1) is 0 Å². The first-order valence-corrected chi connectivity index (χ1v) is 6.67. The largest absolute Gasteiger partial charge is 0.321 e. The van der Waals surface area contributed by atoms with Gasteiger partial charge in [-0.2, -0.15) is 0 Å². The van der Waals surface area contributed by atoms with Crippen molar-refractivity contribution in [1.29, 1.82) is 0 Å². The molecule has 1 atom stereocenters. The van der Waals surface area contributed by atoms with Gasteiger partial charge in [0.2, 0.25) is 0 Å². The molecule has 1 saturated carbocycles. The third kappa shape index (κ3) is 1.49. The molecule has 0 radical (unpaired) electrons. The summed E-state index contributed by atoms with van der Waals surface area (Å²) in [5.41, 5.74) is 8.03. The highest BCUT2D eigenvalue weighted by Crippen LogP contribution is 2.51. The summed E-state index contributed by atoms with van der Waals surface area (Å²) in [6.45, 7) is 4.58.